The highest BCUT2D eigenvalue weighted by Gasteiger charge is 2.64. The Morgan fingerprint density at radius 2 is 2.16 bits per heavy atom. The maximum absolute atomic E-state index is 15.1. The maximum Gasteiger partial charge on any atom is 0.264 e. The van der Waals surface area contributed by atoms with Crippen molar-refractivity contribution >= 4 is 17.1 Å². The quantitative estimate of drug-likeness (QED) is 0.803. The first kappa shape index (κ1) is 17.7. The summed E-state index contributed by atoms with van der Waals surface area (Å²) in [6, 6.07) is 0. The highest BCUT2D eigenvalue weighted by Crippen LogP contribution is 2.48. The van der Waals surface area contributed by atoms with E-state index in [2.05, 4.69) is 15.0 Å². The van der Waals surface area contributed by atoms with Gasteiger partial charge in [-0.25, -0.2) is 13.8 Å². The lowest BCUT2D eigenvalue weighted by molar-refractivity contribution is -0.210. The van der Waals surface area contributed by atoms with Gasteiger partial charge in [-0.05, 0) is 13.8 Å². The van der Waals surface area contributed by atoms with Crippen LogP contribution < -0.4 is 10.5 Å². The number of fused-ring (bicyclic) bond motifs is 1. The smallest absolute Gasteiger partial charge is 0.264 e. The summed E-state index contributed by atoms with van der Waals surface area (Å²) in [7, 11) is 1.22. The van der Waals surface area contributed by atoms with E-state index in [1.54, 1.807) is 6.92 Å². The molecule has 0 amide bonds. The van der Waals surface area contributed by atoms with Crippen molar-refractivity contribution in [3.8, 4) is 5.88 Å². The van der Waals surface area contributed by atoms with Gasteiger partial charge in [0.25, 0.3) is 5.85 Å². The summed E-state index contributed by atoms with van der Waals surface area (Å²) in [5.41, 5.74) is 3.49. The van der Waals surface area contributed by atoms with E-state index in [1.165, 1.54) is 13.4 Å². The number of hydrogen-bond acceptors (Lipinski definition) is 8. The Bertz CT molecular complexity index is 786. The number of anilines is 1. The fourth-order valence-corrected chi connectivity index (χ4v) is 2.88. The van der Waals surface area contributed by atoms with E-state index in [0.29, 0.717) is 6.61 Å². The molecule has 2 aromatic heterocycles. The highest BCUT2D eigenvalue weighted by atomic mass is 19.2. The van der Waals surface area contributed by atoms with E-state index in [1.807, 2.05) is 0 Å². The summed E-state index contributed by atoms with van der Waals surface area (Å²) in [4.78, 5) is 12.0. The Hall–Kier alpha value is -2.11. The molecule has 138 valence electrons. The molecule has 1 aliphatic rings. The van der Waals surface area contributed by atoms with Gasteiger partial charge in [0.1, 0.15) is 6.61 Å². The topological polar surface area (TPSA) is 118 Å². The molecule has 3 heterocycles. The molecule has 1 aliphatic heterocycles. The summed E-state index contributed by atoms with van der Waals surface area (Å²) < 4.78 is 46.2. The number of imidazole rings is 1. The van der Waals surface area contributed by atoms with Gasteiger partial charge in [0.15, 0.2) is 29.2 Å². The lowest BCUT2D eigenvalue weighted by atomic mass is 9.97. The van der Waals surface area contributed by atoms with Crippen molar-refractivity contribution in [2.24, 2.45) is 0 Å². The number of ether oxygens (including phenoxy) is 3. The van der Waals surface area contributed by atoms with Crippen molar-refractivity contribution in [1.82, 2.24) is 19.5 Å². The van der Waals surface area contributed by atoms with Crippen LogP contribution in [-0.2, 0) is 9.47 Å². The van der Waals surface area contributed by atoms with Crippen molar-refractivity contribution in [3.63, 3.8) is 0 Å². The molecule has 0 unspecified atom stereocenters. The number of nitrogen functional groups attached to an aromatic ring is 1. The Morgan fingerprint density at radius 1 is 1.44 bits per heavy atom. The minimum Gasteiger partial charge on any atom is -0.476 e. The van der Waals surface area contributed by atoms with Gasteiger partial charge in [-0.15, -0.1) is 0 Å². The Labute approximate surface area is 141 Å². The summed E-state index contributed by atoms with van der Waals surface area (Å²) in [5.74, 6) is -2.73. The summed E-state index contributed by atoms with van der Waals surface area (Å²) in [5, 5.41) is 10.1. The molecule has 0 aromatic carbocycles. The van der Waals surface area contributed by atoms with Gasteiger partial charge in [0.2, 0.25) is 11.8 Å². The normalized spacial score (nSPS) is 32.4. The number of methoxy groups -OCH3 is 1. The van der Waals surface area contributed by atoms with Crippen LogP contribution in [0, 0.1) is 0 Å². The molecule has 0 radical (unpaired) electrons. The number of rotatable bonds is 5. The van der Waals surface area contributed by atoms with Crippen LogP contribution in [0.1, 0.15) is 20.1 Å². The fourth-order valence-electron chi connectivity index (χ4n) is 2.88. The number of aliphatic hydroxyl groups is 1. The first-order valence-corrected chi connectivity index (χ1v) is 7.60. The lowest BCUT2D eigenvalue weighted by Gasteiger charge is -2.24. The maximum atomic E-state index is 15.1. The largest absolute Gasteiger partial charge is 0.476 e. The predicted molar refractivity (Wildman–Crippen MR) is 82.3 cm³/mol. The molecular formula is C14H19F2N5O4. The number of halogens is 2. The van der Waals surface area contributed by atoms with Gasteiger partial charge in [-0.2, -0.15) is 9.97 Å². The molecule has 3 rings (SSSR count). The standard InChI is InChI=1S/C14H19F2N5O4/c1-4-24-9-7-8(19-12(17)20-9)21(6-18-7)11-13(2,15)10(22)14(16,25-11)5-23-3/h6,10-11,22H,4-5H2,1-3H3,(H2,17,19,20)/t10-,11+,13+,14+/m0/s1. The zero-order chi connectivity index (χ0) is 18.4. The summed E-state index contributed by atoms with van der Waals surface area (Å²) in [6.07, 6.45) is -2.42. The van der Waals surface area contributed by atoms with E-state index in [9.17, 15) is 9.50 Å². The minimum absolute atomic E-state index is 0.0960. The molecule has 3 N–H and O–H groups in total. The third-order valence-electron chi connectivity index (χ3n) is 4.01. The van der Waals surface area contributed by atoms with Crippen LogP contribution in [-0.4, -0.2) is 62.6 Å². The van der Waals surface area contributed by atoms with Crippen molar-refractivity contribution < 1.29 is 28.1 Å². The number of alkyl halides is 2. The van der Waals surface area contributed by atoms with Crippen LogP contribution >= 0.6 is 0 Å². The third-order valence-corrected chi connectivity index (χ3v) is 4.01. The Kier molecular flexibility index (Phi) is 4.25. The number of hydrogen-bond donors (Lipinski definition) is 2. The summed E-state index contributed by atoms with van der Waals surface area (Å²) in [6.45, 7) is 2.44. The zero-order valence-corrected chi connectivity index (χ0v) is 13.9. The van der Waals surface area contributed by atoms with Crippen LogP contribution in [0.15, 0.2) is 6.33 Å². The predicted octanol–water partition coefficient (Wildman–Crippen LogP) is 0.737. The van der Waals surface area contributed by atoms with Crippen LogP contribution in [0.4, 0.5) is 14.7 Å². The van der Waals surface area contributed by atoms with E-state index in [4.69, 9.17) is 19.9 Å². The average Bonchev–Trinajstić information content (AvgIpc) is 3.02. The Balaban J connectivity index is 2.10. The van der Waals surface area contributed by atoms with E-state index in [0.717, 1.165) is 11.5 Å². The fraction of sp³-hybridized carbons (Fsp3) is 0.643. The second-order valence-electron chi connectivity index (χ2n) is 5.89. The molecule has 1 fully saturated rings. The van der Waals surface area contributed by atoms with Crippen LogP contribution in [0.3, 0.4) is 0 Å². The van der Waals surface area contributed by atoms with Crippen molar-refractivity contribution in [3.05, 3.63) is 6.33 Å². The van der Waals surface area contributed by atoms with Crippen LogP contribution in [0.5, 0.6) is 5.88 Å². The second-order valence-corrected chi connectivity index (χ2v) is 5.89. The molecular weight excluding hydrogens is 340 g/mol. The van der Waals surface area contributed by atoms with E-state index in [-0.39, 0.29) is 23.0 Å². The van der Waals surface area contributed by atoms with Crippen LogP contribution in [0.2, 0.25) is 0 Å². The first-order valence-electron chi connectivity index (χ1n) is 7.60. The molecule has 0 saturated carbocycles. The molecule has 0 aliphatic carbocycles. The Morgan fingerprint density at radius 3 is 2.80 bits per heavy atom. The summed E-state index contributed by atoms with van der Waals surface area (Å²) >= 11 is 0. The van der Waals surface area contributed by atoms with E-state index >= 15 is 4.39 Å². The van der Waals surface area contributed by atoms with Gasteiger partial charge < -0.3 is 25.1 Å². The van der Waals surface area contributed by atoms with Gasteiger partial charge in [-0.3, -0.25) is 4.57 Å². The van der Waals surface area contributed by atoms with Crippen molar-refractivity contribution in [1.29, 1.82) is 0 Å². The molecule has 11 heteroatoms. The molecule has 25 heavy (non-hydrogen) atoms. The third kappa shape index (κ3) is 2.68. The number of aromatic nitrogens is 4. The van der Waals surface area contributed by atoms with Crippen LogP contribution in [0.25, 0.3) is 11.2 Å². The monoisotopic (exact) mass is 359 g/mol. The molecule has 1 saturated heterocycles. The first-order chi connectivity index (χ1) is 11.7. The van der Waals surface area contributed by atoms with Gasteiger partial charge in [-0.1, -0.05) is 0 Å². The number of aliphatic hydroxyl groups excluding tert-OH is 1. The van der Waals surface area contributed by atoms with Gasteiger partial charge >= 0.3 is 0 Å². The van der Waals surface area contributed by atoms with Crippen molar-refractivity contribution in [2.45, 2.75) is 37.7 Å². The average molecular weight is 359 g/mol. The molecule has 9 nitrogen and oxygen atoms in total. The molecule has 0 spiro atoms. The lowest BCUT2D eigenvalue weighted by Crippen LogP contribution is -2.46. The van der Waals surface area contributed by atoms with Crippen molar-refractivity contribution in [2.75, 3.05) is 26.1 Å². The van der Waals surface area contributed by atoms with Gasteiger partial charge in [0.05, 0.1) is 12.9 Å². The minimum atomic E-state index is -2.72. The highest BCUT2D eigenvalue weighted by molar-refractivity contribution is 5.77. The molecule has 2 aromatic rings. The van der Waals surface area contributed by atoms with Gasteiger partial charge in [0, 0.05) is 7.11 Å². The number of nitrogens with two attached hydrogens (primary N) is 1. The second kappa shape index (κ2) is 6.00. The zero-order valence-electron chi connectivity index (χ0n) is 13.9. The molecule has 0 bridgehead atoms. The SMILES string of the molecule is CCOc1nc(N)nc2c1ncn2[C@@H]1O[C@](F)(COC)[C@@H](O)[C@@]1(C)F. The molecule has 4 atom stereocenters. The van der Waals surface area contributed by atoms with E-state index < -0.39 is 30.5 Å². The number of nitrogens with zero attached hydrogens (tertiary/aromatic N) is 4.